The first-order chi connectivity index (χ1) is 15.9. The standard InChI is InChI=1S/C26H28Cl2N2O2S/c1-17-4-8-25-26(18(17)2)30(23-14-19(10-13-31)5-9-24(23)33(25)32)12-3-11-29-16-20-6-7-21(27)15-22(20)28/h4-9,14-15,29,31H,3,10-13,16H2,1-2H3. The van der Waals surface area contributed by atoms with Crippen molar-refractivity contribution in [2.45, 2.75) is 43.0 Å². The van der Waals surface area contributed by atoms with E-state index in [1.165, 1.54) is 5.56 Å². The van der Waals surface area contributed by atoms with Crippen LogP contribution in [0.3, 0.4) is 0 Å². The minimum Gasteiger partial charge on any atom is -0.396 e. The van der Waals surface area contributed by atoms with Gasteiger partial charge >= 0.3 is 0 Å². The van der Waals surface area contributed by atoms with Gasteiger partial charge in [-0.2, -0.15) is 0 Å². The maximum Gasteiger partial charge on any atom is 0.0892 e. The van der Waals surface area contributed by atoms with Crippen LogP contribution in [-0.2, 0) is 23.8 Å². The molecular weight excluding hydrogens is 475 g/mol. The van der Waals surface area contributed by atoms with Crippen molar-refractivity contribution in [2.75, 3.05) is 24.6 Å². The first-order valence-electron chi connectivity index (χ1n) is 11.1. The molecule has 0 fully saturated rings. The zero-order chi connectivity index (χ0) is 23.5. The second-order valence-electron chi connectivity index (χ2n) is 8.32. The molecule has 2 N–H and O–H groups in total. The second-order valence-corrected chi connectivity index (χ2v) is 10.6. The van der Waals surface area contributed by atoms with Crippen molar-refractivity contribution in [2.24, 2.45) is 0 Å². The van der Waals surface area contributed by atoms with Crippen LogP contribution in [0.25, 0.3) is 0 Å². The number of benzene rings is 3. The number of aliphatic hydroxyl groups excluding tert-OH is 1. The van der Waals surface area contributed by atoms with E-state index in [4.69, 9.17) is 23.2 Å². The summed E-state index contributed by atoms with van der Waals surface area (Å²) in [7, 11) is -1.23. The SMILES string of the molecule is Cc1ccc2c(c1C)N(CCCNCc1ccc(Cl)cc1Cl)c1cc(CCO)ccc1S2=O. The van der Waals surface area contributed by atoms with Crippen LogP contribution in [0.1, 0.15) is 28.7 Å². The molecule has 0 saturated carbocycles. The molecule has 0 amide bonds. The van der Waals surface area contributed by atoms with Crippen molar-refractivity contribution in [3.05, 3.63) is 80.8 Å². The summed E-state index contributed by atoms with van der Waals surface area (Å²) >= 11 is 12.3. The first kappa shape index (κ1) is 24.2. The van der Waals surface area contributed by atoms with Gasteiger partial charge in [0.15, 0.2) is 0 Å². The normalized spacial score (nSPS) is 14.8. The summed E-state index contributed by atoms with van der Waals surface area (Å²) in [5.41, 5.74) is 6.41. The van der Waals surface area contributed by atoms with Gasteiger partial charge in [-0.3, -0.25) is 0 Å². The zero-order valence-corrected chi connectivity index (χ0v) is 21.2. The number of aliphatic hydroxyl groups is 1. The predicted molar refractivity (Wildman–Crippen MR) is 138 cm³/mol. The fourth-order valence-corrected chi connectivity index (χ4v) is 6.09. The number of nitrogens with zero attached hydrogens (tertiary/aromatic N) is 1. The van der Waals surface area contributed by atoms with Crippen molar-refractivity contribution in [3.8, 4) is 0 Å². The number of rotatable bonds is 8. The Morgan fingerprint density at radius 2 is 1.82 bits per heavy atom. The lowest BCUT2D eigenvalue weighted by Gasteiger charge is -2.35. The molecule has 0 bridgehead atoms. The minimum atomic E-state index is -1.23. The number of hydrogen-bond donors (Lipinski definition) is 2. The van der Waals surface area contributed by atoms with Crippen LogP contribution in [0.5, 0.6) is 0 Å². The molecule has 174 valence electrons. The Bertz CT molecular complexity index is 1200. The zero-order valence-electron chi connectivity index (χ0n) is 18.8. The Balaban J connectivity index is 1.55. The molecule has 33 heavy (non-hydrogen) atoms. The summed E-state index contributed by atoms with van der Waals surface area (Å²) in [5.74, 6) is 0. The molecule has 1 aliphatic rings. The monoisotopic (exact) mass is 502 g/mol. The lowest BCUT2D eigenvalue weighted by Crippen LogP contribution is -2.28. The van der Waals surface area contributed by atoms with Crippen LogP contribution in [-0.4, -0.2) is 29.0 Å². The highest BCUT2D eigenvalue weighted by atomic mass is 35.5. The van der Waals surface area contributed by atoms with Gasteiger partial charge in [0.25, 0.3) is 0 Å². The van der Waals surface area contributed by atoms with Crippen molar-refractivity contribution < 1.29 is 9.32 Å². The molecule has 1 aliphatic heterocycles. The van der Waals surface area contributed by atoms with Crippen molar-refractivity contribution in [1.82, 2.24) is 5.32 Å². The van der Waals surface area contributed by atoms with Crippen LogP contribution >= 0.6 is 23.2 Å². The van der Waals surface area contributed by atoms with Gasteiger partial charge in [0.1, 0.15) is 0 Å². The molecule has 0 spiro atoms. The molecule has 0 aliphatic carbocycles. The lowest BCUT2D eigenvalue weighted by atomic mass is 10.0. The molecule has 7 heteroatoms. The third-order valence-electron chi connectivity index (χ3n) is 6.11. The molecule has 0 saturated heterocycles. The van der Waals surface area contributed by atoms with E-state index >= 15 is 0 Å². The maximum absolute atomic E-state index is 13.4. The van der Waals surface area contributed by atoms with E-state index in [9.17, 15) is 9.32 Å². The largest absolute Gasteiger partial charge is 0.396 e. The molecule has 3 aromatic rings. The van der Waals surface area contributed by atoms with Crippen LogP contribution in [0.4, 0.5) is 11.4 Å². The molecule has 1 atom stereocenters. The van der Waals surface area contributed by atoms with E-state index in [0.29, 0.717) is 23.0 Å². The van der Waals surface area contributed by atoms with Gasteiger partial charge < -0.3 is 15.3 Å². The van der Waals surface area contributed by atoms with Gasteiger partial charge in [-0.05, 0) is 85.8 Å². The third-order valence-corrected chi connectivity index (χ3v) is 8.18. The van der Waals surface area contributed by atoms with Crippen molar-refractivity contribution in [1.29, 1.82) is 0 Å². The second kappa shape index (κ2) is 10.6. The van der Waals surface area contributed by atoms with E-state index in [1.54, 1.807) is 6.07 Å². The van der Waals surface area contributed by atoms with Gasteiger partial charge in [-0.15, -0.1) is 0 Å². The highest BCUT2D eigenvalue weighted by molar-refractivity contribution is 7.85. The predicted octanol–water partition coefficient (Wildman–Crippen LogP) is 5.94. The quantitative estimate of drug-likeness (QED) is 0.374. The molecule has 4 rings (SSSR count). The summed E-state index contributed by atoms with van der Waals surface area (Å²) in [6.07, 6.45) is 1.48. The number of nitrogens with one attached hydrogen (secondary N) is 1. The average molecular weight is 503 g/mol. The average Bonchev–Trinajstić information content (AvgIpc) is 2.79. The van der Waals surface area contributed by atoms with Crippen LogP contribution < -0.4 is 10.2 Å². The van der Waals surface area contributed by atoms with Crippen LogP contribution in [0.15, 0.2) is 58.3 Å². The molecule has 1 unspecified atom stereocenters. The highest BCUT2D eigenvalue weighted by Gasteiger charge is 2.30. The Hall–Kier alpha value is -1.89. The van der Waals surface area contributed by atoms with Crippen LogP contribution in [0, 0.1) is 13.8 Å². The molecule has 1 heterocycles. The molecular formula is C26H28Cl2N2O2S. The number of aryl methyl sites for hydroxylation is 1. The van der Waals surface area contributed by atoms with Crippen molar-refractivity contribution in [3.63, 3.8) is 0 Å². The summed E-state index contributed by atoms with van der Waals surface area (Å²) in [5, 5.41) is 14.2. The molecule has 0 radical (unpaired) electrons. The van der Waals surface area contributed by atoms with E-state index in [1.807, 2.05) is 36.4 Å². The Labute approximate surface area is 208 Å². The first-order valence-corrected chi connectivity index (χ1v) is 13.0. The van der Waals surface area contributed by atoms with Crippen molar-refractivity contribution >= 4 is 45.4 Å². The van der Waals surface area contributed by atoms with E-state index < -0.39 is 10.8 Å². The van der Waals surface area contributed by atoms with Gasteiger partial charge in [-0.25, -0.2) is 4.21 Å². The molecule has 3 aromatic carbocycles. The minimum absolute atomic E-state index is 0.0910. The van der Waals surface area contributed by atoms with Gasteiger partial charge in [0, 0.05) is 29.7 Å². The Morgan fingerprint density at radius 1 is 1.03 bits per heavy atom. The van der Waals surface area contributed by atoms with Gasteiger partial charge in [-0.1, -0.05) is 41.4 Å². The summed E-state index contributed by atoms with van der Waals surface area (Å²) in [6.45, 7) is 6.54. The van der Waals surface area contributed by atoms with E-state index in [-0.39, 0.29) is 6.61 Å². The van der Waals surface area contributed by atoms with E-state index in [0.717, 1.165) is 57.4 Å². The lowest BCUT2D eigenvalue weighted by molar-refractivity contribution is 0.299. The fourth-order valence-electron chi connectivity index (χ4n) is 4.20. The maximum atomic E-state index is 13.4. The summed E-state index contributed by atoms with van der Waals surface area (Å²) in [6, 6.07) is 15.6. The number of halogens is 2. The summed E-state index contributed by atoms with van der Waals surface area (Å²) < 4.78 is 13.4. The molecule has 0 aromatic heterocycles. The number of hydrogen-bond acceptors (Lipinski definition) is 4. The third kappa shape index (κ3) is 5.13. The van der Waals surface area contributed by atoms with Crippen LogP contribution in [0.2, 0.25) is 10.0 Å². The summed E-state index contributed by atoms with van der Waals surface area (Å²) in [4.78, 5) is 3.99. The smallest absolute Gasteiger partial charge is 0.0892 e. The Kier molecular flexibility index (Phi) is 7.77. The van der Waals surface area contributed by atoms with Gasteiger partial charge in [0.05, 0.1) is 32.0 Å². The van der Waals surface area contributed by atoms with Gasteiger partial charge in [0.2, 0.25) is 0 Å². The molecule has 4 nitrogen and oxygen atoms in total. The fraction of sp³-hybridized carbons (Fsp3) is 0.308. The number of fused-ring (bicyclic) bond motifs is 2. The highest BCUT2D eigenvalue weighted by Crippen LogP contribution is 2.44. The topological polar surface area (TPSA) is 52.6 Å². The van der Waals surface area contributed by atoms with E-state index in [2.05, 4.69) is 30.1 Å². The Morgan fingerprint density at radius 3 is 2.58 bits per heavy atom. The number of anilines is 2.